The first-order chi connectivity index (χ1) is 12.2. The van der Waals surface area contributed by atoms with E-state index in [1.54, 1.807) is 11.3 Å². The van der Waals surface area contributed by atoms with Crippen molar-refractivity contribution in [1.29, 1.82) is 0 Å². The number of thiophene rings is 1. The smallest absolute Gasteiger partial charge is 0.263 e. The van der Waals surface area contributed by atoms with E-state index in [-0.39, 0.29) is 5.91 Å². The molecule has 2 heterocycles. The van der Waals surface area contributed by atoms with Crippen molar-refractivity contribution in [3.8, 4) is 0 Å². The number of hydrogen-bond donors (Lipinski definition) is 2. The summed E-state index contributed by atoms with van der Waals surface area (Å²) >= 11 is 3.11. The zero-order valence-corrected chi connectivity index (χ0v) is 16.0. The molecule has 0 radical (unpaired) electrons. The summed E-state index contributed by atoms with van der Waals surface area (Å²) < 4.78 is 0. The van der Waals surface area contributed by atoms with E-state index in [4.69, 9.17) is 0 Å². The van der Waals surface area contributed by atoms with Crippen LogP contribution in [0.25, 0.3) is 0 Å². The van der Waals surface area contributed by atoms with Gasteiger partial charge < -0.3 is 10.6 Å². The average molecular weight is 372 g/mol. The van der Waals surface area contributed by atoms with Gasteiger partial charge in [-0.3, -0.25) is 4.79 Å². The molecule has 3 aromatic rings. The number of nitrogens with zero attached hydrogens (tertiary/aromatic N) is 1. The lowest BCUT2D eigenvalue weighted by atomic mass is 10.1. The first kappa shape index (κ1) is 17.6. The van der Waals surface area contributed by atoms with Crippen LogP contribution in [0, 0.1) is 6.92 Å². The quantitative estimate of drug-likeness (QED) is 0.628. The predicted molar refractivity (Wildman–Crippen MR) is 106 cm³/mol. The second-order valence-electron chi connectivity index (χ2n) is 5.65. The number of thiazole rings is 1. The molecule has 1 amide bonds. The molecule has 0 saturated heterocycles. The number of aromatic nitrogens is 1. The number of amides is 1. The number of carbonyl (C=O) groups is 1. The van der Waals surface area contributed by atoms with Gasteiger partial charge in [0.2, 0.25) is 0 Å². The Kier molecular flexibility index (Phi) is 5.83. The van der Waals surface area contributed by atoms with Crippen LogP contribution >= 0.6 is 22.7 Å². The van der Waals surface area contributed by atoms with E-state index in [0.29, 0.717) is 11.4 Å². The van der Waals surface area contributed by atoms with Crippen LogP contribution in [0.2, 0.25) is 0 Å². The molecule has 3 rings (SSSR count). The summed E-state index contributed by atoms with van der Waals surface area (Å²) in [5.41, 5.74) is 3.04. The summed E-state index contributed by atoms with van der Waals surface area (Å²) in [5, 5.41) is 9.14. The maximum absolute atomic E-state index is 12.4. The van der Waals surface area contributed by atoms with E-state index >= 15 is 0 Å². The van der Waals surface area contributed by atoms with Crippen LogP contribution in [0.1, 0.15) is 32.7 Å². The van der Waals surface area contributed by atoms with E-state index in [0.717, 1.165) is 29.4 Å². The standard InChI is InChI=1S/C19H21N3OS2/c1-3-14-7-4-5-9-16(14)22-19-21-13(2)17(25-19)18(23)20-11-10-15-8-6-12-24-15/h4-9,12H,3,10-11H2,1-2H3,(H,20,23)(H,21,22). The van der Waals surface area contributed by atoms with Gasteiger partial charge in [-0.25, -0.2) is 4.98 Å². The van der Waals surface area contributed by atoms with E-state index in [1.165, 1.54) is 21.8 Å². The summed E-state index contributed by atoms with van der Waals surface area (Å²) in [6.07, 6.45) is 1.81. The van der Waals surface area contributed by atoms with Crippen molar-refractivity contribution in [2.75, 3.05) is 11.9 Å². The SMILES string of the molecule is CCc1ccccc1Nc1nc(C)c(C(=O)NCCc2cccs2)s1. The van der Waals surface area contributed by atoms with E-state index in [9.17, 15) is 4.79 Å². The Morgan fingerprint density at radius 1 is 1.20 bits per heavy atom. The lowest BCUT2D eigenvalue weighted by molar-refractivity contribution is 0.0957. The highest BCUT2D eigenvalue weighted by molar-refractivity contribution is 7.17. The molecule has 0 aliphatic carbocycles. The fourth-order valence-electron chi connectivity index (χ4n) is 2.56. The Labute approximate surface area is 155 Å². The van der Waals surface area contributed by atoms with Gasteiger partial charge in [0.1, 0.15) is 4.88 Å². The molecule has 1 aromatic carbocycles. The summed E-state index contributed by atoms with van der Waals surface area (Å²) in [5.74, 6) is -0.0524. The van der Waals surface area contributed by atoms with Crippen LogP contribution < -0.4 is 10.6 Å². The van der Waals surface area contributed by atoms with E-state index in [1.807, 2.05) is 31.2 Å². The van der Waals surface area contributed by atoms with Crippen LogP contribution in [0.5, 0.6) is 0 Å². The Hall–Kier alpha value is -2.18. The Balaban J connectivity index is 1.64. The third kappa shape index (κ3) is 4.46. The van der Waals surface area contributed by atoms with Crippen LogP contribution in [0.3, 0.4) is 0 Å². The lowest BCUT2D eigenvalue weighted by Gasteiger charge is -2.07. The largest absolute Gasteiger partial charge is 0.351 e. The molecular formula is C19H21N3OS2. The first-order valence-corrected chi connectivity index (χ1v) is 10.00. The number of hydrogen-bond acceptors (Lipinski definition) is 5. The van der Waals surface area contributed by atoms with Crippen molar-refractivity contribution < 1.29 is 4.79 Å². The zero-order chi connectivity index (χ0) is 17.6. The summed E-state index contributed by atoms with van der Waals surface area (Å²) in [6.45, 7) is 4.64. The number of anilines is 2. The maximum atomic E-state index is 12.4. The molecule has 130 valence electrons. The minimum absolute atomic E-state index is 0.0524. The lowest BCUT2D eigenvalue weighted by Crippen LogP contribution is -2.25. The minimum Gasteiger partial charge on any atom is -0.351 e. The molecule has 0 saturated carbocycles. The monoisotopic (exact) mass is 371 g/mol. The van der Waals surface area contributed by atoms with E-state index in [2.05, 4.69) is 40.1 Å². The van der Waals surface area contributed by atoms with Crippen molar-refractivity contribution in [3.05, 3.63) is 62.8 Å². The van der Waals surface area contributed by atoms with E-state index < -0.39 is 0 Å². The minimum atomic E-state index is -0.0524. The number of benzene rings is 1. The topological polar surface area (TPSA) is 54.0 Å². The number of rotatable bonds is 7. The fraction of sp³-hybridized carbons (Fsp3) is 0.263. The summed E-state index contributed by atoms with van der Waals surface area (Å²) in [6, 6.07) is 12.3. The van der Waals surface area contributed by atoms with Gasteiger partial charge in [-0.1, -0.05) is 42.5 Å². The molecule has 25 heavy (non-hydrogen) atoms. The number of para-hydroxylation sites is 1. The predicted octanol–water partition coefficient (Wildman–Crippen LogP) is 4.79. The van der Waals surface area contributed by atoms with Crippen molar-refractivity contribution in [2.24, 2.45) is 0 Å². The highest BCUT2D eigenvalue weighted by Crippen LogP contribution is 2.27. The van der Waals surface area contributed by atoms with Gasteiger partial charge >= 0.3 is 0 Å². The molecule has 0 spiro atoms. The molecule has 6 heteroatoms. The molecule has 0 aliphatic heterocycles. The van der Waals surface area contributed by atoms with Crippen LogP contribution in [0.4, 0.5) is 10.8 Å². The molecule has 0 aliphatic rings. The Morgan fingerprint density at radius 2 is 2.04 bits per heavy atom. The highest BCUT2D eigenvalue weighted by Gasteiger charge is 2.15. The third-order valence-corrected chi connectivity index (χ3v) is 5.89. The van der Waals surface area contributed by atoms with Crippen LogP contribution in [0.15, 0.2) is 41.8 Å². The summed E-state index contributed by atoms with van der Waals surface area (Å²) in [7, 11) is 0. The van der Waals surface area contributed by atoms with Gasteiger partial charge in [-0.15, -0.1) is 11.3 Å². The molecule has 0 unspecified atom stereocenters. The van der Waals surface area contributed by atoms with Crippen molar-refractivity contribution in [3.63, 3.8) is 0 Å². The first-order valence-electron chi connectivity index (χ1n) is 8.30. The van der Waals surface area contributed by atoms with Gasteiger partial charge in [0.25, 0.3) is 5.91 Å². The normalized spacial score (nSPS) is 10.6. The average Bonchev–Trinajstić information content (AvgIpc) is 3.25. The molecule has 0 atom stereocenters. The van der Waals surface area contributed by atoms with Gasteiger partial charge in [0, 0.05) is 17.1 Å². The molecule has 0 fully saturated rings. The second kappa shape index (κ2) is 8.27. The van der Waals surface area contributed by atoms with Gasteiger partial charge in [0.15, 0.2) is 5.13 Å². The fourth-order valence-corrected chi connectivity index (χ4v) is 4.16. The third-order valence-electron chi connectivity index (χ3n) is 3.88. The Bertz CT molecular complexity index is 840. The molecular weight excluding hydrogens is 350 g/mol. The molecule has 4 nitrogen and oxygen atoms in total. The van der Waals surface area contributed by atoms with Crippen molar-refractivity contribution >= 4 is 39.4 Å². The molecule has 2 aromatic heterocycles. The Morgan fingerprint density at radius 3 is 2.80 bits per heavy atom. The van der Waals surface area contributed by atoms with Gasteiger partial charge in [-0.05, 0) is 42.8 Å². The maximum Gasteiger partial charge on any atom is 0.263 e. The van der Waals surface area contributed by atoms with Crippen molar-refractivity contribution in [2.45, 2.75) is 26.7 Å². The number of carbonyl (C=O) groups excluding carboxylic acids is 1. The van der Waals surface area contributed by atoms with Gasteiger partial charge in [0.05, 0.1) is 5.69 Å². The van der Waals surface area contributed by atoms with Gasteiger partial charge in [-0.2, -0.15) is 0 Å². The molecule has 2 N–H and O–H groups in total. The molecule has 0 bridgehead atoms. The second-order valence-corrected chi connectivity index (χ2v) is 7.69. The van der Waals surface area contributed by atoms with Crippen molar-refractivity contribution in [1.82, 2.24) is 10.3 Å². The number of nitrogens with one attached hydrogen (secondary N) is 2. The number of aryl methyl sites for hydroxylation is 2. The zero-order valence-electron chi connectivity index (χ0n) is 14.3. The van der Waals surface area contributed by atoms with Crippen LogP contribution in [-0.2, 0) is 12.8 Å². The van der Waals surface area contributed by atoms with Crippen LogP contribution in [-0.4, -0.2) is 17.4 Å². The highest BCUT2D eigenvalue weighted by atomic mass is 32.1. The summed E-state index contributed by atoms with van der Waals surface area (Å²) in [4.78, 5) is 18.9.